The molecule has 1 rings (SSSR count). The first kappa shape index (κ1) is 16.1. The van der Waals surface area contributed by atoms with Gasteiger partial charge < -0.3 is 10.6 Å². The average Bonchev–Trinajstić information content (AvgIpc) is 2.38. The number of hydrogen-bond acceptors (Lipinski definition) is 3. The zero-order chi connectivity index (χ0) is 14.1. The van der Waals surface area contributed by atoms with Gasteiger partial charge in [-0.2, -0.15) is 0 Å². The van der Waals surface area contributed by atoms with Gasteiger partial charge in [0.15, 0.2) is 0 Å². The number of nitrogens with zero attached hydrogens (tertiary/aromatic N) is 2. The predicted octanol–water partition coefficient (Wildman–Crippen LogP) is 2.91. The maximum atomic E-state index is 5.68. The molecule has 0 spiro atoms. The third kappa shape index (κ3) is 6.69. The molecule has 1 unspecified atom stereocenters. The molecular formula is C16H29N3. The molecule has 0 fully saturated rings. The molecule has 0 saturated heterocycles. The molecule has 1 aromatic rings. The van der Waals surface area contributed by atoms with Crippen LogP contribution in [0.4, 0.5) is 0 Å². The Morgan fingerprint density at radius 1 is 1.21 bits per heavy atom. The van der Waals surface area contributed by atoms with E-state index in [2.05, 4.69) is 42.9 Å². The van der Waals surface area contributed by atoms with Crippen LogP contribution in [0.25, 0.3) is 0 Å². The minimum absolute atomic E-state index is 0.744. The lowest BCUT2D eigenvalue weighted by atomic mass is 9.88. The highest BCUT2D eigenvalue weighted by molar-refractivity contribution is 5.09. The van der Waals surface area contributed by atoms with Crippen molar-refractivity contribution in [1.82, 2.24) is 9.88 Å². The first-order valence-corrected chi connectivity index (χ1v) is 7.41. The summed E-state index contributed by atoms with van der Waals surface area (Å²) in [4.78, 5) is 6.43. The highest BCUT2D eigenvalue weighted by Gasteiger charge is 2.12. The Hall–Kier alpha value is -0.930. The molecule has 0 radical (unpaired) electrons. The fourth-order valence-corrected chi connectivity index (χ4v) is 2.53. The SMILES string of the molecule is CC(C)C(CCN)CCCN(C)Cc1ccncc1. The molecule has 19 heavy (non-hydrogen) atoms. The maximum absolute atomic E-state index is 5.68. The largest absolute Gasteiger partial charge is 0.330 e. The van der Waals surface area contributed by atoms with Gasteiger partial charge in [-0.05, 0) is 68.9 Å². The van der Waals surface area contributed by atoms with Gasteiger partial charge in [-0.25, -0.2) is 0 Å². The summed E-state index contributed by atoms with van der Waals surface area (Å²) in [7, 11) is 2.19. The number of aromatic nitrogens is 1. The van der Waals surface area contributed by atoms with Gasteiger partial charge in [-0.3, -0.25) is 4.98 Å². The molecule has 0 aliphatic heterocycles. The second kappa shape index (κ2) is 9.05. The molecule has 0 aliphatic rings. The van der Waals surface area contributed by atoms with Gasteiger partial charge in [0, 0.05) is 18.9 Å². The Morgan fingerprint density at radius 3 is 2.47 bits per heavy atom. The summed E-state index contributed by atoms with van der Waals surface area (Å²) < 4.78 is 0. The zero-order valence-electron chi connectivity index (χ0n) is 12.7. The summed E-state index contributed by atoms with van der Waals surface area (Å²) in [6.07, 6.45) is 7.42. The van der Waals surface area contributed by atoms with E-state index >= 15 is 0 Å². The number of hydrogen-bond donors (Lipinski definition) is 1. The Kier molecular flexibility index (Phi) is 7.68. The molecule has 1 aromatic heterocycles. The van der Waals surface area contributed by atoms with Crippen LogP contribution in [0.2, 0.25) is 0 Å². The van der Waals surface area contributed by atoms with E-state index in [1.807, 2.05) is 12.4 Å². The van der Waals surface area contributed by atoms with Crippen LogP contribution >= 0.6 is 0 Å². The fraction of sp³-hybridized carbons (Fsp3) is 0.688. The molecule has 2 N–H and O–H groups in total. The monoisotopic (exact) mass is 263 g/mol. The maximum Gasteiger partial charge on any atom is 0.0271 e. The van der Waals surface area contributed by atoms with E-state index in [-0.39, 0.29) is 0 Å². The first-order chi connectivity index (χ1) is 9.13. The first-order valence-electron chi connectivity index (χ1n) is 7.41. The number of pyridine rings is 1. The summed E-state index contributed by atoms with van der Waals surface area (Å²) in [5, 5.41) is 0. The fourth-order valence-electron chi connectivity index (χ4n) is 2.53. The van der Waals surface area contributed by atoms with Crippen LogP contribution in [0.15, 0.2) is 24.5 Å². The summed E-state index contributed by atoms with van der Waals surface area (Å²) in [5.41, 5.74) is 7.02. The summed E-state index contributed by atoms with van der Waals surface area (Å²) in [6.45, 7) is 7.58. The Balaban J connectivity index is 2.24. The average molecular weight is 263 g/mol. The van der Waals surface area contributed by atoms with Gasteiger partial charge in [0.05, 0.1) is 0 Å². The van der Waals surface area contributed by atoms with Crippen LogP contribution in [0.5, 0.6) is 0 Å². The van der Waals surface area contributed by atoms with Crippen molar-refractivity contribution in [2.45, 2.75) is 39.7 Å². The lowest BCUT2D eigenvalue weighted by Crippen LogP contribution is -2.21. The lowest BCUT2D eigenvalue weighted by Gasteiger charge is -2.22. The molecule has 3 nitrogen and oxygen atoms in total. The Morgan fingerprint density at radius 2 is 1.89 bits per heavy atom. The van der Waals surface area contributed by atoms with E-state index in [9.17, 15) is 0 Å². The van der Waals surface area contributed by atoms with Gasteiger partial charge in [-0.1, -0.05) is 13.8 Å². The second-order valence-electron chi connectivity index (χ2n) is 5.82. The van der Waals surface area contributed by atoms with Crippen LogP contribution < -0.4 is 5.73 Å². The third-order valence-corrected chi connectivity index (χ3v) is 3.80. The third-order valence-electron chi connectivity index (χ3n) is 3.80. The van der Waals surface area contributed by atoms with Crippen LogP contribution in [0.1, 0.15) is 38.7 Å². The van der Waals surface area contributed by atoms with E-state index in [0.717, 1.165) is 37.9 Å². The second-order valence-corrected chi connectivity index (χ2v) is 5.82. The van der Waals surface area contributed by atoms with Gasteiger partial charge >= 0.3 is 0 Å². The highest BCUT2D eigenvalue weighted by atomic mass is 15.1. The highest BCUT2D eigenvalue weighted by Crippen LogP contribution is 2.20. The molecule has 0 saturated carbocycles. The molecule has 1 atom stereocenters. The zero-order valence-corrected chi connectivity index (χ0v) is 12.7. The standard InChI is InChI=1S/C16H29N3/c1-14(2)16(6-9-17)5-4-12-19(3)13-15-7-10-18-11-8-15/h7-8,10-11,14,16H,4-6,9,12-13,17H2,1-3H3. The van der Waals surface area contributed by atoms with E-state index in [1.165, 1.54) is 18.4 Å². The lowest BCUT2D eigenvalue weighted by molar-refractivity contribution is 0.278. The number of rotatable bonds is 9. The van der Waals surface area contributed by atoms with Crippen molar-refractivity contribution in [1.29, 1.82) is 0 Å². The number of nitrogens with two attached hydrogens (primary N) is 1. The molecule has 3 heteroatoms. The summed E-state index contributed by atoms with van der Waals surface area (Å²) in [6, 6.07) is 4.17. The van der Waals surface area contributed by atoms with E-state index in [4.69, 9.17) is 5.73 Å². The van der Waals surface area contributed by atoms with E-state index in [0.29, 0.717) is 0 Å². The molecule has 0 aromatic carbocycles. The van der Waals surface area contributed by atoms with Crippen molar-refractivity contribution in [3.8, 4) is 0 Å². The van der Waals surface area contributed by atoms with Crippen molar-refractivity contribution < 1.29 is 0 Å². The van der Waals surface area contributed by atoms with Crippen LogP contribution in [0.3, 0.4) is 0 Å². The smallest absolute Gasteiger partial charge is 0.0271 e. The Bertz CT molecular complexity index is 324. The summed E-state index contributed by atoms with van der Waals surface area (Å²) in [5.74, 6) is 1.52. The van der Waals surface area contributed by atoms with Crippen LogP contribution in [-0.4, -0.2) is 30.0 Å². The van der Waals surface area contributed by atoms with Gasteiger partial charge in [-0.15, -0.1) is 0 Å². The summed E-state index contributed by atoms with van der Waals surface area (Å²) >= 11 is 0. The van der Waals surface area contributed by atoms with Crippen LogP contribution in [-0.2, 0) is 6.54 Å². The topological polar surface area (TPSA) is 42.1 Å². The molecule has 108 valence electrons. The molecular weight excluding hydrogens is 234 g/mol. The minimum atomic E-state index is 0.744. The molecule has 0 aliphatic carbocycles. The predicted molar refractivity (Wildman–Crippen MR) is 81.8 cm³/mol. The van der Waals surface area contributed by atoms with E-state index < -0.39 is 0 Å². The van der Waals surface area contributed by atoms with Crippen molar-refractivity contribution in [3.63, 3.8) is 0 Å². The Labute approximate surface area is 118 Å². The molecule has 0 amide bonds. The normalized spacial score (nSPS) is 13.2. The van der Waals surface area contributed by atoms with Gasteiger partial charge in [0.25, 0.3) is 0 Å². The van der Waals surface area contributed by atoms with Crippen molar-refractivity contribution in [2.24, 2.45) is 17.6 Å². The van der Waals surface area contributed by atoms with E-state index in [1.54, 1.807) is 0 Å². The molecule has 0 bridgehead atoms. The van der Waals surface area contributed by atoms with Crippen molar-refractivity contribution in [2.75, 3.05) is 20.1 Å². The van der Waals surface area contributed by atoms with Crippen molar-refractivity contribution >= 4 is 0 Å². The van der Waals surface area contributed by atoms with Gasteiger partial charge in [0.2, 0.25) is 0 Å². The van der Waals surface area contributed by atoms with Gasteiger partial charge in [0.1, 0.15) is 0 Å². The molecule has 1 heterocycles. The van der Waals surface area contributed by atoms with Crippen LogP contribution in [0, 0.1) is 11.8 Å². The minimum Gasteiger partial charge on any atom is -0.330 e. The van der Waals surface area contributed by atoms with Crippen molar-refractivity contribution in [3.05, 3.63) is 30.1 Å². The quantitative estimate of drug-likeness (QED) is 0.745.